The van der Waals surface area contributed by atoms with Gasteiger partial charge in [-0.05, 0) is 30.9 Å². The Morgan fingerprint density at radius 3 is 2.95 bits per heavy atom. The quantitative estimate of drug-likeness (QED) is 0.724. The van der Waals surface area contributed by atoms with Crippen molar-refractivity contribution in [2.45, 2.75) is 18.9 Å². The van der Waals surface area contributed by atoms with Crippen LogP contribution in [0.3, 0.4) is 0 Å². The monoisotopic (exact) mass is 277 g/mol. The molecule has 6 nitrogen and oxygen atoms in total. The van der Waals surface area contributed by atoms with Crippen LogP contribution in [0.25, 0.3) is 0 Å². The molecule has 3 N–H and O–H groups in total. The minimum Gasteiger partial charge on any atom is -0.393 e. The molecule has 2 amide bonds. The van der Waals surface area contributed by atoms with E-state index >= 15 is 0 Å². The molecule has 20 heavy (non-hydrogen) atoms. The zero-order valence-electron chi connectivity index (χ0n) is 11.2. The normalized spacial score (nSPS) is 29.4. The summed E-state index contributed by atoms with van der Waals surface area (Å²) in [7, 11) is 0. The molecule has 2 aliphatic rings. The number of rotatable bonds is 3. The molecule has 2 heterocycles. The molecule has 1 aromatic heterocycles. The molecule has 6 heteroatoms. The third-order valence-corrected chi connectivity index (χ3v) is 4.36. The minimum absolute atomic E-state index is 0.214. The molecule has 3 rings (SSSR count). The summed E-state index contributed by atoms with van der Waals surface area (Å²) in [6.07, 6.45) is 3.32. The maximum Gasteiger partial charge on any atom is 0.274 e. The number of aromatic amines is 1. The van der Waals surface area contributed by atoms with Gasteiger partial charge in [-0.15, -0.1) is 0 Å². The largest absolute Gasteiger partial charge is 0.393 e. The van der Waals surface area contributed by atoms with E-state index in [1.807, 2.05) is 4.90 Å². The average Bonchev–Trinajstić information content (AvgIpc) is 3.08. The Kier molecular flexibility index (Phi) is 3.58. The van der Waals surface area contributed by atoms with Crippen LogP contribution in [-0.4, -0.2) is 52.5 Å². The summed E-state index contributed by atoms with van der Waals surface area (Å²) in [4.78, 5) is 28.4. The summed E-state index contributed by atoms with van der Waals surface area (Å²) in [6, 6.07) is 3.33. The highest BCUT2D eigenvalue weighted by Crippen LogP contribution is 2.37. The van der Waals surface area contributed by atoms with Crippen LogP contribution in [0.4, 0.5) is 0 Å². The van der Waals surface area contributed by atoms with Gasteiger partial charge >= 0.3 is 0 Å². The van der Waals surface area contributed by atoms with E-state index in [4.69, 9.17) is 0 Å². The van der Waals surface area contributed by atoms with Crippen LogP contribution in [0, 0.1) is 11.8 Å². The number of fused-ring (bicyclic) bond motifs is 1. The fourth-order valence-corrected chi connectivity index (χ4v) is 3.37. The second-order valence-corrected chi connectivity index (χ2v) is 5.72. The van der Waals surface area contributed by atoms with Gasteiger partial charge in [0.25, 0.3) is 5.91 Å². The van der Waals surface area contributed by atoms with Crippen LogP contribution < -0.4 is 5.32 Å². The highest BCUT2D eigenvalue weighted by molar-refractivity contribution is 6.04. The molecule has 0 aromatic carbocycles. The number of aliphatic hydroxyl groups excluding tert-OH is 1. The van der Waals surface area contributed by atoms with Crippen LogP contribution >= 0.6 is 0 Å². The Bertz CT molecular complexity index is 500. The number of nitrogens with one attached hydrogen (secondary N) is 2. The molecule has 1 saturated heterocycles. The standard InChI is InChI=1S/C14H19N3O3/c18-12-4-3-9-6-17(7-10(9)12)8-13(19)16-14(20)11-2-1-5-15-11/h1-2,5,9-10,12,15,18H,3-4,6-8H2,(H,16,19,20). The van der Waals surface area contributed by atoms with E-state index in [2.05, 4.69) is 10.3 Å². The van der Waals surface area contributed by atoms with Crippen LogP contribution in [-0.2, 0) is 4.79 Å². The minimum atomic E-state index is -0.403. The highest BCUT2D eigenvalue weighted by Gasteiger charge is 2.42. The number of imide groups is 1. The number of likely N-dealkylation sites (tertiary alicyclic amines) is 1. The Morgan fingerprint density at radius 2 is 2.25 bits per heavy atom. The topological polar surface area (TPSA) is 85.4 Å². The van der Waals surface area contributed by atoms with Crippen LogP contribution in [0.1, 0.15) is 23.3 Å². The fraction of sp³-hybridized carbons (Fsp3) is 0.571. The molecule has 1 aliphatic heterocycles. The van der Waals surface area contributed by atoms with Gasteiger partial charge in [-0.2, -0.15) is 0 Å². The van der Waals surface area contributed by atoms with Crippen molar-refractivity contribution < 1.29 is 14.7 Å². The van der Waals surface area contributed by atoms with Gasteiger partial charge in [-0.1, -0.05) is 0 Å². The number of amides is 2. The molecule has 0 spiro atoms. The number of nitrogens with zero attached hydrogens (tertiary/aromatic N) is 1. The van der Waals surface area contributed by atoms with E-state index in [-0.39, 0.29) is 18.6 Å². The summed E-state index contributed by atoms with van der Waals surface area (Å²) in [5.74, 6) is 0.0947. The predicted molar refractivity (Wildman–Crippen MR) is 71.9 cm³/mol. The molecular weight excluding hydrogens is 258 g/mol. The van der Waals surface area contributed by atoms with Gasteiger partial charge in [0.05, 0.1) is 12.6 Å². The molecule has 0 bridgehead atoms. The van der Waals surface area contributed by atoms with Crippen LogP contribution in [0.5, 0.6) is 0 Å². The van der Waals surface area contributed by atoms with E-state index in [9.17, 15) is 14.7 Å². The first-order valence-electron chi connectivity index (χ1n) is 7.01. The van der Waals surface area contributed by atoms with Crippen LogP contribution in [0.15, 0.2) is 18.3 Å². The average molecular weight is 277 g/mol. The van der Waals surface area contributed by atoms with Crippen molar-refractivity contribution in [3.05, 3.63) is 24.0 Å². The third kappa shape index (κ3) is 2.62. The zero-order chi connectivity index (χ0) is 14.1. The first-order valence-corrected chi connectivity index (χ1v) is 7.01. The molecule has 1 aromatic rings. The summed E-state index contributed by atoms with van der Waals surface area (Å²) < 4.78 is 0. The molecule has 0 radical (unpaired) electrons. The van der Waals surface area contributed by atoms with Crippen molar-refractivity contribution in [2.24, 2.45) is 11.8 Å². The predicted octanol–water partition coefficient (Wildman–Crippen LogP) is -0.0262. The first kappa shape index (κ1) is 13.3. The smallest absolute Gasteiger partial charge is 0.274 e. The molecule has 108 valence electrons. The lowest BCUT2D eigenvalue weighted by Crippen LogP contribution is -2.40. The van der Waals surface area contributed by atoms with E-state index < -0.39 is 5.91 Å². The van der Waals surface area contributed by atoms with Gasteiger partial charge in [-0.25, -0.2) is 0 Å². The summed E-state index contributed by atoms with van der Waals surface area (Å²) >= 11 is 0. The van der Waals surface area contributed by atoms with Gasteiger partial charge in [0.2, 0.25) is 5.91 Å². The maximum atomic E-state index is 11.9. The zero-order valence-corrected chi connectivity index (χ0v) is 11.2. The Morgan fingerprint density at radius 1 is 1.40 bits per heavy atom. The van der Waals surface area contributed by atoms with Gasteiger partial charge in [-0.3, -0.25) is 19.8 Å². The molecule has 1 aliphatic carbocycles. The number of aliphatic hydroxyl groups is 1. The number of hydrogen-bond donors (Lipinski definition) is 3. The lowest BCUT2D eigenvalue weighted by atomic mass is 10.00. The van der Waals surface area contributed by atoms with E-state index in [0.29, 0.717) is 17.5 Å². The SMILES string of the molecule is O=C(CN1CC2CCC(O)C2C1)NC(=O)c1ccc[nH]1. The van der Waals surface area contributed by atoms with Gasteiger partial charge in [0.15, 0.2) is 0 Å². The molecule has 1 saturated carbocycles. The maximum absolute atomic E-state index is 11.9. The summed E-state index contributed by atoms with van der Waals surface area (Å²) in [5.41, 5.74) is 0.382. The van der Waals surface area contributed by atoms with Crippen molar-refractivity contribution in [1.29, 1.82) is 0 Å². The lowest BCUT2D eigenvalue weighted by Gasteiger charge is -2.17. The molecule has 2 fully saturated rings. The fourth-order valence-electron chi connectivity index (χ4n) is 3.37. The highest BCUT2D eigenvalue weighted by atomic mass is 16.3. The Labute approximate surface area is 117 Å². The van der Waals surface area contributed by atoms with Crippen molar-refractivity contribution >= 4 is 11.8 Å². The second kappa shape index (κ2) is 5.38. The van der Waals surface area contributed by atoms with E-state index in [0.717, 1.165) is 25.9 Å². The van der Waals surface area contributed by atoms with Gasteiger partial charge in [0.1, 0.15) is 5.69 Å². The molecule has 3 unspecified atom stereocenters. The van der Waals surface area contributed by atoms with Gasteiger partial charge < -0.3 is 10.1 Å². The molecule has 3 atom stereocenters. The molecular formula is C14H19N3O3. The Hall–Kier alpha value is -1.66. The summed E-state index contributed by atoms with van der Waals surface area (Å²) in [5, 5.41) is 12.2. The van der Waals surface area contributed by atoms with Crippen LogP contribution in [0.2, 0.25) is 0 Å². The third-order valence-electron chi connectivity index (χ3n) is 4.36. The van der Waals surface area contributed by atoms with Gasteiger partial charge in [0, 0.05) is 25.2 Å². The van der Waals surface area contributed by atoms with Crippen molar-refractivity contribution in [1.82, 2.24) is 15.2 Å². The number of H-pyrrole nitrogens is 1. The summed E-state index contributed by atoms with van der Waals surface area (Å²) in [6.45, 7) is 1.80. The number of carbonyl (C=O) groups excluding carboxylic acids is 2. The second-order valence-electron chi connectivity index (χ2n) is 5.72. The van der Waals surface area contributed by atoms with Crippen molar-refractivity contribution in [3.8, 4) is 0 Å². The van der Waals surface area contributed by atoms with Crippen molar-refractivity contribution in [2.75, 3.05) is 19.6 Å². The Balaban J connectivity index is 1.49. The number of hydrogen-bond acceptors (Lipinski definition) is 4. The van der Waals surface area contributed by atoms with Crippen molar-refractivity contribution in [3.63, 3.8) is 0 Å². The number of aromatic nitrogens is 1. The first-order chi connectivity index (χ1) is 9.63. The number of carbonyl (C=O) groups is 2. The van der Waals surface area contributed by atoms with E-state index in [1.54, 1.807) is 18.3 Å². The lowest BCUT2D eigenvalue weighted by molar-refractivity contribution is -0.121. The van der Waals surface area contributed by atoms with E-state index in [1.165, 1.54) is 0 Å².